The maximum Gasteiger partial charge on any atom is 0.261 e. The molecule has 4 rings (SSSR count). The predicted octanol–water partition coefficient (Wildman–Crippen LogP) is 4.50. The molecule has 0 amide bonds. The molecular formula is C24H28N4O2S. The van der Waals surface area contributed by atoms with E-state index < -0.39 is 16.1 Å². The number of aryl methyl sites for hydroxylation is 1. The second-order valence-corrected chi connectivity index (χ2v) is 11.0. The maximum atomic E-state index is 13.3. The van der Waals surface area contributed by atoms with Gasteiger partial charge < -0.3 is 9.54 Å². The number of nitrogens with zero attached hydrogens (tertiary/aromatic N) is 2. The molecule has 2 atom stereocenters. The van der Waals surface area contributed by atoms with Crippen LogP contribution in [0.25, 0.3) is 33.3 Å². The summed E-state index contributed by atoms with van der Waals surface area (Å²) < 4.78 is 17.1. The van der Waals surface area contributed by atoms with Crippen molar-refractivity contribution in [3.05, 3.63) is 63.9 Å². The highest BCUT2D eigenvalue weighted by molar-refractivity contribution is 7.90. The second kappa shape index (κ2) is 7.82. The number of hydrogen-bond donors (Lipinski definition) is 2. The van der Waals surface area contributed by atoms with Crippen LogP contribution < -0.4 is 10.3 Å². The standard InChI is InChI=1S/C24H28N4O2S/c1-14-11-17(15(2)27-31(30)24(3,4)5)21-18(12-14)23(29)28(6)22(26-21)20-13-16-9-7-8-10-19(16)25-20/h7-13,15,25,27H,1-6H3/t15?,31-/m1/s1. The third-order valence-corrected chi connectivity index (χ3v) is 7.11. The van der Waals surface area contributed by atoms with Crippen LogP contribution in [0.15, 0.2) is 47.3 Å². The van der Waals surface area contributed by atoms with E-state index in [1.165, 1.54) is 0 Å². The van der Waals surface area contributed by atoms with E-state index in [0.29, 0.717) is 16.7 Å². The number of aromatic nitrogens is 3. The molecule has 31 heavy (non-hydrogen) atoms. The number of hydrogen-bond acceptors (Lipinski definition) is 4. The molecule has 0 saturated heterocycles. The van der Waals surface area contributed by atoms with Crippen molar-refractivity contribution >= 4 is 33.2 Å². The van der Waals surface area contributed by atoms with Crippen molar-refractivity contribution in [1.82, 2.24) is 19.3 Å². The van der Waals surface area contributed by atoms with Gasteiger partial charge in [0.1, 0.15) is 4.75 Å². The molecule has 2 heterocycles. The van der Waals surface area contributed by atoms with E-state index in [0.717, 1.165) is 27.7 Å². The van der Waals surface area contributed by atoms with Gasteiger partial charge in [0, 0.05) is 34.9 Å². The summed E-state index contributed by atoms with van der Waals surface area (Å²) in [6.45, 7) is 9.71. The molecule has 0 aliphatic heterocycles. The lowest BCUT2D eigenvalue weighted by Gasteiger charge is -2.27. The van der Waals surface area contributed by atoms with Crippen LogP contribution in [0.4, 0.5) is 0 Å². The Morgan fingerprint density at radius 1 is 1.19 bits per heavy atom. The van der Waals surface area contributed by atoms with E-state index in [2.05, 4.69) is 9.71 Å². The molecule has 0 saturated carbocycles. The van der Waals surface area contributed by atoms with Crippen LogP contribution in [0.5, 0.6) is 0 Å². The summed E-state index contributed by atoms with van der Waals surface area (Å²) in [6, 6.07) is 13.6. The quantitative estimate of drug-likeness (QED) is 0.461. The first-order valence-corrected chi connectivity index (χ1v) is 11.5. The van der Waals surface area contributed by atoms with Gasteiger partial charge in [-0.2, -0.15) is 0 Å². The predicted molar refractivity (Wildman–Crippen MR) is 128 cm³/mol. The highest BCUT2D eigenvalue weighted by Crippen LogP contribution is 2.28. The average molecular weight is 437 g/mol. The minimum Gasteiger partial charge on any atom is -0.598 e. The van der Waals surface area contributed by atoms with Crippen LogP contribution in [0.2, 0.25) is 0 Å². The molecule has 0 aliphatic rings. The van der Waals surface area contributed by atoms with Crippen LogP contribution >= 0.6 is 0 Å². The SMILES string of the molecule is Cc1cc(C(C)N[S@+]([O-])C(C)(C)C)c2nc(-c3cc4ccccc4[nH]3)n(C)c(=O)c2c1. The molecule has 0 bridgehead atoms. The molecule has 4 aromatic rings. The average Bonchev–Trinajstić information content (AvgIpc) is 3.13. The molecule has 162 valence electrons. The van der Waals surface area contributed by atoms with Crippen molar-refractivity contribution in [2.75, 3.05) is 0 Å². The zero-order valence-corrected chi connectivity index (χ0v) is 19.6. The summed E-state index contributed by atoms with van der Waals surface area (Å²) in [6.07, 6.45) is 0. The largest absolute Gasteiger partial charge is 0.598 e. The first kappa shape index (κ1) is 21.6. The Kier molecular flexibility index (Phi) is 5.45. The zero-order chi connectivity index (χ0) is 22.5. The van der Waals surface area contributed by atoms with Crippen molar-refractivity contribution in [2.24, 2.45) is 7.05 Å². The first-order chi connectivity index (χ1) is 14.6. The van der Waals surface area contributed by atoms with E-state index >= 15 is 0 Å². The van der Waals surface area contributed by atoms with E-state index in [9.17, 15) is 9.35 Å². The van der Waals surface area contributed by atoms with Gasteiger partial charge in [-0.1, -0.05) is 24.3 Å². The summed E-state index contributed by atoms with van der Waals surface area (Å²) >= 11 is -1.25. The fourth-order valence-electron chi connectivity index (χ4n) is 3.72. The highest BCUT2D eigenvalue weighted by atomic mass is 32.2. The third-order valence-electron chi connectivity index (χ3n) is 5.43. The first-order valence-electron chi connectivity index (χ1n) is 10.3. The molecule has 0 aliphatic carbocycles. The van der Waals surface area contributed by atoms with Gasteiger partial charge in [0.2, 0.25) is 0 Å². The number of fused-ring (bicyclic) bond motifs is 2. The van der Waals surface area contributed by atoms with Crippen LogP contribution in [-0.4, -0.2) is 23.8 Å². The van der Waals surface area contributed by atoms with Gasteiger partial charge in [-0.25, -0.2) is 4.98 Å². The maximum absolute atomic E-state index is 13.3. The van der Waals surface area contributed by atoms with Crippen LogP contribution in [0, 0.1) is 6.92 Å². The monoisotopic (exact) mass is 436 g/mol. The topological polar surface area (TPSA) is 85.8 Å². The lowest BCUT2D eigenvalue weighted by atomic mass is 10.0. The fraction of sp³-hybridized carbons (Fsp3) is 0.333. The summed E-state index contributed by atoms with van der Waals surface area (Å²) in [5.41, 5.74) is 4.14. The van der Waals surface area contributed by atoms with Gasteiger partial charge in [0.05, 0.1) is 22.6 Å². The van der Waals surface area contributed by atoms with Gasteiger partial charge in [0.15, 0.2) is 5.82 Å². The summed E-state index contributed by atoms with van der Waals surface area (Å²) in [5, 5.41) is 1.62. The van der Waals surface area contributed by atoms with E-state index in [-0.39, 0.29) is 11.6 Å². The summed E-state index contributed by atoms with van der Waals surface area (Å²) in [7, 11) is 1.74. The van der Waals surface area contributed by atoms with Gasteiger partial charge in [0.25, 0.3) is 5.56 Å². The Morgan fingerprint density at radius 3 is 2.58 bits per heavy atom. The van der Waals surface area contributed by atoms with Gasteiger partial charge in [-0.05, 0) is 58.4 Å². The van der Waals surface area contributed by atoms with E-state index in [1.807, 2.05) is 77.1 Å². The molecule has 0 fully saturated rings. The number of nitrogens with one attached hydrogen (secondary N) is 2. The van der Waals surface area contributed by atoms with Crippen molar-refractivity contribution in [3.63, 3.8) is 0 Å². The fourth-order valence-corrected chi connectivity index (χ4v) is 4.52. The Bertz CT molecular complexity index is 1300. The molecule has 1 unspecified atom stereocenters. The number of para-hydroxylation sites is 1. The lowest BCUT2D eigenvalue weighted by molar-refractivity contribution is 0.531. The lowest BCUT2D eigenvalue weighted by Crippen LogP contribution is -2.40. The molecule has 0 spiro atoms. The van der Waals surface area contributed by atoms with Crippen LogP contribution in [0.1, 0.15) is 44.9 Å². The van der Waals surface area contributed by atoms with Crippen LogP contribution in [0.3, 0.4) is 0 Å². The summed E-state index contributed by atoms with van der Waals surface area (Å²) in [5.74, 6) is 0.572. The Balaban J connectivity index is 1.91. The molecule has 2 N–H and O–H groups in total. The van der Waals surface area contributed by atoms with Gasteiger partial charge in [-0.15, -0.1) is 4.72 Å². The number of H-pyrrole nitrogens is 1. The normalized spacial score (nSPS) is 14.3. The number of benzene rings is 2. The van der Waals surface area contributed by atoms with Gasteiger partial charge >= 0.3 is 0 Å². The van der Waals surface area contributed by atoms with Crippen molar-refractivity contribution in [2.45, 2.75) is 45.4 Å². The summed E-state index contributed by atoms with van der Waals surface area (Å²) in [4.78, 5) is 21.6. The molecule has 7 heteroatoms. The molecule has 0 radical (unpaired) electrons. The Hall–Kier alpha value is -2.61. The van der Waals surface area contributed by atoms with E-state index in [4.69, 9.17) is 4.98 Å². The smallest absolute Gasteiger partial charge is 0.261 e. The highest BCUT2D eigenvalue weighted by Gasteiger charge is 2.29. The van der Waals surface area contributed by atoms with Crippen molar-refractivity contribution in [1.29, 1.82) is 0 Å². The van der Waals surface area contributed by atoms with Crippen molar-refractivity contribution < 1.29 is 4.55 Å². The third kappa shape index (κ3) is 4.01. The molecule has 6 nitrogen and oxygen atoms in total. The Labute approximate surface area is 185 Å². The Morgan fingerprint density at radius 2 is 1.90 bits per heavy atom. The molecule has 2 aromatic carbocycles. The number of aromatic amines is 1. The number of rotatable bonds is 4. The molecule has 2 aromatic heterocycles. The molecular weight excluding hydrogens is 408 g/mol. The minimum absolute atomic E-state index is 0.104. The minimum atomic E-state index is -1.25. The van der Waals surface area contributed by atoms with Crippen LogP contribution in [-0.2, 0) is 18.4 Å². The van der Waals surface area contributed by atoms with Gasteiger partial charge in [-0.3, -0.25) is 9.36 Å². The second-order valence-electron chi connectivity index (χ2n) is 9.04. The van der Waals surface area contributed by atoms with Crippen molar-refractivity contribution in [3.8, 4) is 11.5 Å². The van der Waals surface area contributed by atoms with E-state index in [1.54, 1.807) is 11.6 Å². The zero-order valence-electron chi connectivity index (χ0n) is 18.7.